The molecular weight excluding hydrogens is 400 g/mol. The molecule has 1 unspecified atom stereocenters. The lowest BCUT2D eigenvalue weighted by Gasteiger charge is -2.41. The number of aromatic nitrogens is 1. The third-order valence-corrected chi connectivity index (χ3v) is 7.68. The molecule has 1 fully saturated rings. The van der Waals surface area contributed by atoms with Gasteiger partial charge in [0, 0.05) is 51.2 Å². The maximum absolute atomic E-state index is 13.6. The number of amides is 1. The lowest BCUT2D eigenvalue weighted by molar-refractivity contribution is -0.124. The number of rotatable bonds is 8. The van der Waals surface area contributed by atoms with Gasteiger partial charge in [-0.3, -0.25) is 14.7 Å². The number of piperazine rings is 1. The summed E-state index contributed by atoms with van der Waals surface area (Å²) in [6.45, 7) is 6.09. The highest BCUT2D eigenvalue weighted by atomic mass is 32.2. The number of nitrogens with zero attached hydrogens (tertiary/aromatic N) is 4. The fraction of sp³-hybridized carbons (Fsp3) is 0.455. The molecular formula is C22H30N4O3S. The van der Waals surface area contributed by atoms with Crippen LogP contribution in [0, 0.1) is 0 Å². The van der Waals surface area contributed by atoms with Crippen LogP contribution < -0.4 is 4.90 Å². The van der Waals surface area contributed by atoms with Gasteiger partial charge in [-0.2, -0.15) is 0 Å². The summed E-state index contributed by atoms with van der Waals surface area (Å²) in [6.07, 6.45) is 4.75. The van der Waals surface area contributed by atoms with E-state index in [1.54, 1.807) is 12.4 Å². The first-order valence-corrected chi connectivity index (χ1v) is 11.9. The van der Waals surface area contributed by atoms with Crippen LogP contribution in [0.15, 0.2) is 54.9 Å². The summed E-state index contributed by atoms with van der Waals surface area (Å²) in [4.78, 5) is 20.6. The third kappa shape index (κ3) is 5.17. The second-order valence-electron chi connectivity index (χ2n) is 7.53. The Morgan fingerprint density at radius 1 is 1.07 bits per heavy atom. The number of pyridine rings is 1. The smallest absolute Gasteiger partial charge is 0.253 e. The minimum absolute atomic E-state index is 0.0652. The monoisotopic (exact) mass is 430 g/mol. The predicted octanol–water partition coefficient (Wildman–Crippen LogP) is 2.71. The number of carbonyl (C=O) groups excluding carboxylic acids is 1. The van der Waals surface area contributed by atoms with Gasteiger partial charge in [0.2, 0.25) is 5.91 Å². The molecule has 2 aromatic rings. The summed E-state index contributed by atoms with van der Waals surface area (Å²) < 4.78 is 28.2. The van der Waals surface area contributed by atoms with E-state index in [2.05, 4.69) is 9.88 Å². The molecule has 3 rings (SSSR count). The SMILES string of the molecule is CCCC(N1CCN(c2ccncc2)CC1)S(=O)(=O)N(Cc1ccccc1)C(C)=O. The summed E-state index contributed by atoms with van der Waals surface area (Å²) in [5, 5.41) is -0.699. The summed E-state index contributed by atoms with van der Waals surface area (Å²) >= 11 is 0. The minimum atomic E-state index is -3.82. The van der Waals surface area contributed by atoms with E-state index in [9.17, 15) is 13.2 Å². The zero-order valence-electron chi connectivity index (χ0n) is 17.6. The second kappa shape index (κ2) is 10.0. The first-order valence-electron chi connectivity index (χ1n) is 10.4. The molecule has 1 aliphatic heterocycles. The molecule has 1 aromatic carbocycles. The molecule has 2 heterocycles. The molecule has 0 spiro atoms. The Hall–Kier alpha value is -2.45. The van der Waals surface area contributed by atoms with Gasteiger partial charge in [-0.05, 0) is 24.1 Å². The molecule has 0 radical (unpaired) electrons. The first kappa shape index (κ1) is 22.2. The molecule has 1 aromatic heterocycles. The van der Waals surface area contributed by atoms with E-state index < -0.39 is 21.3 Å². The van der Waals surface area contributed by atoms with Crippen molar-refractivity contribution >= 4 is 21.6 Å². The number of anilines is 1. The molecule has 1 aliphatic rings. The lowest BCUT2D eigenvalue weighted by atomic mass is 10.2. The van der Waals surface area contributed by atoms with Crippen molar-refractivity contribution in [2.75, 3.05) is 31.1 Å². The van der Waals surface area contributed by atoms with Crippen LogP contribution in [-0.4, -0.2) is 60.1 Å². The van der Waals surface area contributed by atoms with E-state index in [0.29, 0.717) is 19.5 Å². The number of benzene rings is 1. The average molecular weight is 431 g/mol. The fourth-order valence-corrected chi connectivity index (χ4v) is 5.97. The van der Waals surface area contributed by atoms with Gasteiger partial charge in [-0.15, -0.1) is 0 Å². The minimum Gasteiger partial charge on any atom is -0.369 e. The van der Waals surface area contributed by atoms with Gasteiger partial charge < -0.3 is 4.90 Å². The molecule has 1 atom stereocenters. The molecule has 30 heavy (non-hydrogen) atoms. The highest BCUT2D eigenvalue weighted by molar-refractivity contribution is 7.90. The number of hydrogen-bond acceptors (Lipinski definition) is 6. The summed E-state index contributed by atoms with van der Waals surface area (Å²) in [5.74, 6) is -0.449. The number of hydrogen-bond donors (Lipinski definition) is 0. The fourth-order valence-electron chi connectivity index (χ4n) is 3.87. The van der Waals surface area contributed by atoms with Gasteiger partial charge in [0.05, 0.1) is 6.54 Å². The van der Waals surface area contributed by atoms with Crippen LogP contribution in [0.3, 0.4) is 0 Å². The van der Waals surface area contributed by atoms with Crippen molar-refractivity contribution in [2.45, 2.75) is 38.6 Å². The first-order chi connectivity index (χ1) is 14.4. The van der Waals surface area contributed by atoms with Crippen LogP contribution in [0.25, 0.3) is 0 Å². The standard InChI is InChI=1S/C22H30N4O3S/c1-3-7-22(25-16-14-24(15-17-25)21-10-12-23-13-11-21)30(28,29)26(19(2)27)18-20-8-5-4-6-9-20/h4-6,8-13,22H,3,7,14-18H2,1-2H3. The van der Waals surface area contributed by atoms with Crippen molar-refractivity contribution in [3.8, 4) is 0 Å². The molecule has 8 heteroatoms. The third-order valence-electron chi connectivity index (χ3n) is 5.46. The maximum atomic E-state index is 13.6. The lowest BCUT2D eigenvalue weighted by Crippen LogP contribution is -2.55. The van der Waals surface area contributed by atoms with E-state index in [1.807, 2.05) is 54.3 Å². The van der Waals surface area contributed by atoms with Gasteiger partial charge in [0.15, 0.2) is 0 Å². The quantitative estimate of drug-likeness (QED) is 0.641. The normalized spacial score (nSPS) is 16.3. The Morgan fingerprint density at radius 2 is 1.70 bits per heavy atom. The molecule has 162 valence electrons. The number of sulfonamides is 1. The van der Waals surface area contributed by atoms with Gasteiger partial charge in [-0.25, -0.2) is 12.7 Å². The Balaban J connectivity index is 1.77. The molecule has 0 saturated carbocycles. The van der Waals surface area contributed by atoms with Crippen molar-refractivity contribution in [1.29, 1.82) is 0 Å². The van der Waals surface area contributed by atoms with Crippen molar-refractivity contribution in [3.05, 3.63) is 60.4 Å². The predicted molar refractivity (Wildman–Crippen MR) is 118 cm³/mol. The van der Waals surface area contributed by atoms with Gasteiger partial charge in [0.1, 0.15) is 5.37 Å². The molecule has 0 aliphatic carbocycles. The van der Waals surface area contributed by atoms with Crippen molar-refractivity contribution in [3.63, 3.8) is 0 Å². The molecule has 0 bridgehead atoms. The van der Waals surface area contributed by atoms with Crippen LogP contribution in [0.4, 0.5) is 5.69 Å². The zero-order chi connectivity index (χ0) is 21.6. The van der Waals surface area contributed by atoms with E-state index in [-0.39, 0.29) is 6.54 Å². The van der Waals surface area contributed by atoms with E-state index >= 15 is 0 Å². The second-order valence-corrected chi connectivity index (χ2v) is 9.54. The zero-order valence-corrected chi connectivity index (χ0v) is 18.5. The van der Waals surface area contributed by atoms with E-state index in [1.165, 1.54) is 6.92 Å². The van der Waals surface area contributed by atoms with Gasteiger partial charge in [-0.1, -0.05) is 43.7 Å². The summed E-state index contributed by atoms with van der Waals surface area (Å²) in [7, 11) is -3.82. The van der Waals surface area contributed by atoms with E-state index in [4.69, 9.17) is 0 Å². The maximum Gasteiger partial charge on any atom is 0.253 e. The molecule has 7 nitrogen and oxygen atoms in total. The van der Waals surface area contributed by atoms with Crippen molar-refractivity contribution in [1.82, 2.24) is 14.2 Å². The van der Waals surface area contributed by atoms with Gasteiger partial charge >= 0.3 is 0 Å². The Kier molecular flexibility index (Phi) is 7.44. The topological polar surface area (TPSA) is 73.8 Å². The van der Waals surface area contributed by atoms with Crippen LogP contribution in [0.2, 0.25) is 0 Å². The van der Waals surface area contributed by atoms with Crippen LogP contribution in [0.1, 0.15) is 32.3 Å². The van der Waals surface area contributed by atoms with Crippen LogP contribution in [-0.2, 0) is 21.4 Å². The average Bonchev–Trinajstić information content (AvgIpc) is 2.77. The van der Waals surface area contributed by atoms with Crippen LogP contribution >= 0.6 is 0 Å². The molecule has 1 amide bonds. The summed E-state index contributed by atoms with van der Waals surface area (Å²) in [6, 6.07) is 13.2. The Labute approximate surface area is 179 Å². The highest BCUT2D eigenvalue weighted by Gasteiger charge is 2.38. The van der Waals surface area contributed by atoms with Crippen molar-refractivity contribution < 1.29 is 13.2 Å². The number of carbonyl (C=O) groups is 1. The van der Waals surface area contributed by atoms with Crippen molar-refractivity contribution in [2.24, 2.45) is 0 Å². The van der Waals surface area contributed by atoms with Gasteiger partial charge in [0.25, 0.3) is 10.0 Å². The Morgan fingerprint density at radius 3 is 2.27 bits per heavy atom. The Bertz CT molecular complexity index is 914. The van der Waals surface area contributed by atoms with E-state index in [0.717, 1.165) is 35.1 Å². The highest BCUT2D eigenvalue weighted by Crippen LogP contribution is 2.24. The van der Waals surface area contributed by atoms with Crippen LogP contribution in [0.5, 0.6) is 0 Å². The molecule has 1 saturated heterocycles. The summed E-state index contributed by atoms with van der Waals surface area (Å²) in [5.41, 5.74) is 1.89. The molecule has 0 N–H and O–H groups in total. The largest absolute Gasteiger partial charge is 0.369 e.